The summed E-state index contributed by atoms with van der Waals surface area (Å²) in [5, 5.41) is 4.62. The highest BCUT2D eigenvalue weighted by molar-refractivity contribution is 6.11. The van der Waals surface area contributed by atoms with Crippen molar-refractivity contribution in [2.75, 3.05) is 0 Å². The van der Waals surface area contributed by atoms with Gasteiger partial charge >= 0.3 is 0 Å². The van der Waals surface area contributed by atoms with Gasteiger partial charge in [-0.25, -0.2) is 9.69 Å². The second-order valence-electron chi connectivity index (χ2n) is 12.0. The largest absolute Gasteiger partial charge is 0.320 e. The molecule has 0 fully saturated rings. The molecule has 0 bridgehead atoms. The maximum absolute atomic E-state index is 8.19. The van der Waals surface area contributed by atoms with Crippen molar-refractivity contribution in [3.63, 3.8) is 0 Å². The zero-order valence-corrected chi connectivity index (χ0v) is 25.8. The van der Waals surface area contributed by atoms with E-state index in [1.807, 2.05) is 42.5 Å². The molecule has 0 aliphatic heterocycles. The van der Waals surface area contributed by atoms with Gasteiger partial charge in [-0.3, -0.25) is 0 Å². The summed E-state index contributed by atoms with van der Waals surface area (Å²) in [6, 6.07) is 54.4. The summed E-state index contributed by atoms with van der Waals surface area (Å²) in [6.07, 6.45) is 0. The molecule has 2 aromatic heterocycles. The van der Waals surface area contributed by atoms with Crippen molar-refractivity contribution in [1.29, 1.82) is 0 Å². The fraction of sp³-hybridized carbons (Fsp3) is 0. The molecule has 0 saturated carbocycles. The monoisotopic (exact) mass is 610 g/mol. The molecule has 0 spiro atoms. The maximum Gasteiger partial charge on any atom is 0.211 e. The molecular weight excluding hydrogens is 585 g/mol. The van der Waals surface area contributed by atoms with Crippen LogP contribution in [0.25, 0.3) is 86.9 Å². The van der Waals surface area contributed by atoms with Gasteiger partial charge in [-0.15, -0.1) is 0 Å². The van der Waals surface area contributed by atoms with Gasteiger partial charge in [-0.1, -0.05) is 115 Å². The van der Waals surface area contributed by atoms with E-state index in [0.29, 0.717) is 11.4 Å². The van der Waals surface area contributed by atoms with Gasteiger partial charge in [0.2, 0.25) is 5.69 Å². The summed E-state index contributed by atoms with van der Waals surface area (Å²) < 4.78 is 4.51. The van der Waals surface area contributed by atoms with Gasteiger partial charge in [0.25, 0.3) is 0 Å². The van der Waals surface area contributed by atoms with E-state index in [1.54, 1.807) is 0 Å². The van der Waals surface area contributed by atoms with Crippen molar-refractivity contribution < 1.29 is 0 Å². The Kier molecular flexibility index (Phi) is 6.22. The van der Waals surface area contributed by atoms with E-state index in [-0.39, 0.29) is 0 Å². The van der Waals surface area contributed by atoms with Crippen LogP contribution in [0.5, 0.6) is 0 Å². The van der Waals surface area contributed by atoms with Crippen LogP contribution >= 0.6 is 0 Å². The topological polar surface area (TPSA) is 18.6 Å². The Hall–Kier alpha value is -6.88. The average Bonchev–Trinajstić information content (AvgIpc) is 3.67. The molecular formula is C44H26N4. The predicted octanol–water partition coefficient (Wildman–Crippen LogP) is 12.3. The van der Waals surface area contributed by atoms with E-state index in [0.717, 1.165) is 55.4 Å². The van der Waals surface area contributed by atoms with E-state index in [2.05, 4.69) is 134 Å². The molecule has 9 rings (SSSR count). The molecule has 0 aliphatic carbocycles. The Labute approximate surface area is 277 Å². The summed E-state index contributed by atoms with van der Waals surface area (Å²) in [7, 11) is 0. The van der Waals surface area contributed by atoms with Crippen LogP contribution in [0, 0.1) is 13.1 Å². The van der Waals surface area contributed by atoms with Crippen molar-refractivity contribution in [1.82, 2.24) is 9.13 Å². The van der Waals surface area contributed by atoms with Crippen LogP contribution in [0.2, 0.25) is 0 Å². The highest BCUT2D eigenvalue weighted by atomic mass is 15.0. The van der Waals surface area contributed by atoms with Crippen molar-refractivity contribution in [3.05, 3.63) is 181 Å². The molecule has 0 N–H and O–H groups in total. The molecule has 7 aromatic carbocycles. The average molecular weight is 611 g/mol. The predicted molar refractivity (Wildman–Crippen MR) is 199 cm³/mol. The molecule has 4 heteroatoms. The Balaban J connectivity index is 1.24. The van der Waals surface area contributed by atoms with E-state index >= 15 is 0 Å². The highest BCUT2D eigenvalue weighted by Gasteiger charge is 2.19. The third-order valence-electron chi connectivity index (χ3n) is 9.34. The fourth-order valence-corrected chi connectivity index (χ4v) is 7.25. The molecule has 0 aliphatic rings. The molecule has 9 aromatic rings. The number of hydrogen-bond acceptors (Lipinski definition) is 0. The minimum Gasteiger partial charge on any atom is -0.320 e. The second kappa shape index (κ2) is 10.9. The summed E-state index contributed by atoms with van der Waals surface area (Å²) in [4.78, 5) is 7.73. The molecule has 0 amide bonds. The summed E-state index contributed by atoms with van der Waals surface area (Å²) in [5.41, 5.74) is 11.5. The van der Waals surface area contributed by atoms with Gasteiger partial charge in [0, 0.05) is 32.7 Å². The van der Waals surface area contributed by atoms with Crippen molar-refractivity contribution in [3.8, 4) is 33.6 Å². The Morgan fingerprint density at radius 3 is 1.62 bits per heavy atom. The number of rotatable bonds is 4. The van der Waals surface area contributed by atoms with Crippen LogP contribution in [0.1, 0.15) is 0 Å². The van der Waals surface area contributed by atoms with Crippen molar-refractivity contribution in [2.45, 2.75) is 0 Å². The summed E-state index contributed by atoms with van der Waals surface area (Å²) in [6.45, 7) is 15.9. The maximum atomic E-state index is 8.19. The molecule has 222 valence electrons. The van der Waals surface area contributed by atoms with Gasteiger partial charge in [-0.05, 0) is 64.7 Å². The Morgan fingerprint density at radius 1 is 0.396 bits per heavy atom. The quantitative estimate of drug-likeness (QED) is 0.177. The first-order valence-corrected chi connectivity index (χ1v) is 15.8. The molecule has 2 heterocycles. The van der Waals surface area contributed by atoms with Crippen molar-refractivity contribution >= 4 is 55.0 Å². The lowest BCUT2D eigenvalue weighted by Gasteiger charge is -2.17. The zero-order chi connectivity index (χ0) is 32.2. The van der Waals surface area contributed by atoms with Crippen LogP contribution in [0.4, 0.5) is 11.4 Å². The van der Waals surface area contributed by atoms with Gasteiger partial charge in [0.15, 0.2) is 5.69 Å². The molecule has 0 radical (unpaired) electrons. The first-order valence-electron chi connectivity index (χ1n) is 15.8. The number of nitrogens with zero attached hydrogens (tertiary/aromatic N) is 4. The van der Waals surface area contributed by atoms with Crippen LogP contribution < -0.4 is 0 Å². The van der Waals surface area contributed by atoms with E-state index in [1.165, 1.54) is 21.8 Å². The SMILES string of the molecule is [C-]#[N+]c1ccc2c3ccccc3n(-c3c([N+]#[C-])cccc3-c3cccc(-c4cccc(-n5c6ccccc6c6ccccc65)c4)c3)c2c1. The van der Waals surface area contributed by atoms with Crippen LogP contribution in [0.3, 0.4) is 0 Å². The molecule has 0 saturated heterocycles. The second-order valence-corrected chi connectivity index (χ2v) is 12.0. The molecule has 4 nitrogen and oxygen atoms in total. The molecule has 0 atom stereocenters. The smallest absolute Gasteiger partial charge is 0.211 e. The lowest BCUT2D eigenvalue weighted by molar-refractivity contribution is 1.18. The number of aromatic nitrogens is 2. The lowest BCUT2D eigenvalue weighted by Crippen LogP contribution is -1.98. The highest BCUT2D eigenvalue weighted by Crippen LogP contribution is 2.42. The first-order chi connectivity index (χ1) is 23.7. The van der Waals surface area contributed by atoms with E-state index < -0.39 is 0 Å². The van der Waals surface area contributed by atoms with Crippen LogP contribution in [-0.2, 0) is 0 Å². The number of benzene rings is 7. The third kappa shape index (κ3) is 4.14. The Bertz CT molecular complexity index is 2760. The molecule has 48 heavy (non-hydrogen) atoms. The summed E-state index contributed by atoms with van der Waals surface area (Å²) >= 11 is 0. The van der Waals surface area contributed by atoms with Gasteiger partial charge < -0.3 is 9.13 Å². The molecule has 0 unspecified atom stereocenters. The van der Waals surface area contributed by atoms with Gasteiger partial charge in [0.05, 0.1) is 35.4 Å². The van der Waals surface area contributed by atoms with E-state index in [9.17, 15) is 0 Å². The number of para-hydroxylation sites is 4. The van der Waals surface area contributed by atoms with Crippen LogP contribution in [0.15, 0.2) is 158 Å². The standard InChI is InChI=1S/C44H26N4/c1-45-32-24-25-38-37-18-5-8-23-42(37)48(43(38)28-32)44-34(19-11-20-39(44)46-2)31-14-9-12-29(26-31)30-13-10-15-33(27-30)47-40-21-6-3-16-35(40)36-17-4-7-22-41(36)47/h3-28H. The lowest BCUT2D eigenvalue weighted by atomic mass is 9.97. The number of fused-ring (bicyclic) bond motifs is 6. The van der Waals surface area contributed by atoms with Crippen molar-refractivity contribution in [2.24, 2.45) is 0 Å². The summed E-state index contributed by atoms with van der Waals surface area (Å²) in [5.74, 6) is 0. The normalized spacial score (nSPS) is 11.3. The van der Waals surface area contributed by atoms with E-state index in [4.69, 9.17) is 13.1 Å². The zero-order valence-electron chi connectivity index (χ0n) is 25.8. The minimum absolute atomic E-state index is 0.558. The number of hydrogen-bond donors (Lipinski definition) is 0. The van der Waals surface area contributed by atoms with Gasteiger partial charge in [0.1, 0.15) is 0 Å². The minimum atomic E-state index is 0.558. The van der Waals surface area contributed by atoms with Gasteiger partial charge in [-0.2, -0.15) is 0 Å². The third-order valence-corrected chi connectivity index (χ3v) is 9.34. The van der Waals surface area contributed by atoms with Crippen LogP contribution in [-0.4, -0.2) is 9.13 Å². The Morgan fingerprint density at radius 2 is 0.958 bits per heavy atom. The fourth-order valence-electron chi connectivity index (χ4n) is 7.25. The first kappa shape index (κ1) is 27.4.